The smallest absolute Gasteiger partial charge is 0.290 e. The number of H-pyrrole nitrogens is 1. The molecule has 1 aliphatic heterocycles. The van der Waals surface area contributed by atoms with Crippen LogP contribution in [0.2, 0.25) is 0 Å². The van der Waals surface area contributed by atoms with Crippen LogP contribution >= 0.6 is 0 Å². The van der Waals surface area contributed by atoms with Gasteiger partial charge in [-0.05, 0) is 43.9 Å². The zero-order valence-corrected chi connectivity index (χ0v) is 19.7. The zero-order valence-electron chi connectivity index (χ0n) is 19.7. The van der Waals surface area contributed by atoms with Gasteiger partial charge in [0.05, 0.1) is 22.8 Å². The van der Waals surface area contributed by atoms with Crippen molar-refractivity contribution in [1.29, 1.82) is 0 Å². The first-order valence-electron chi connectivity index (χ1n) is 12.1. The van der Waals surface area contributed by atoms with E-state index in [1.54, 1.807) is 9.58 Å². The molecule has 10 heteroatoms. The van der Waals surface area contributed by atoms with Crippen molar-refractivity contribution in [2.24, 2.45) is 0 Å². The molecule has 182 valence electrons. The summed E-state index contributed by atoms with van der Waals surface area (Å²) in [5.41, 5.74) is 10.8. The summed E-state index contributed by atoms with van der Waals surface area (Å²) in [4.78, 5) is 26.9. The molecule has 4 aromatic rings. The van der Waals surface area contributed by atoms with Crippen LogP contribution in [0.3, 0.4) is 0 Å². The number of aromatic amines is 1. The van der Waals surface area contributed by atoms with Crippen LogP contribution in [-0.2, 0) is 11.2 Å². The van der Waals surface area contributed by atoms with E-state index < -0.39 is 0 Å². The summed E-state index contributed by atoms with van der Waals surface area (Å²) < 4.78 is 3.60. The zero-order chi connectivity index (χ0) is 24.8. The molecule has 4 heterocycles. The fraction of sp³-hybridized carbons (Fsp3) is 0.269. The molecule has 0 bridgehead atoms. The number of anilines is 1. The minimum Gasteiger partial charge on any atom is -0.382 e. The first-order valence-corrected chi connectivity index (χ1v) is 12.1. The van der Waals surface area contributed by atoms with Gasteiger partial charge in [-0.15, -0.1) is 0 Å². The molecule has 1 amide bonds. The van der Waals surface area contributed by atoms with Crippen molar-refractivity contribution in [3.05, 3.63) is 70.8 Å². The molecule has 1 aromatic carbocycles. The number of piperidine rings is 1. The molecule has 0 saturated carbocycles. The summed E-state index contributed by atoms with van der Waals surface area (Å²) in [5, 5.41) is 16.6. The third-order valence-electron chi connectivity index (χ3n) is 6.96. The van der Waals surface area contributed by atoms with Crippen molar-refractivity contribution in [2.75, 3.05) is 18.8 Å². The molecule has 0 spiro atoms. The van der Waals surface area contributed by atoms with E-state index >= 15 is 0 Å². The summed E-state index contributed by atoms with van der Waals surface area (Å²) in [6.45, 7) is 4.70. The number of hydrogen-bond donors (Lipinski definition) is 2. The van der Waals surface area contributed by atoms with Crippen LogP contribution in [0.5, 0.6) is 0 Å². The van der Waals surface area contributed by atoms with Crippen LogP contribution in [0.25, 0.3) is 33.9 Å². The molecule has 1 saturated heterocycles. The highest BCUT2D eigenvalue weighted by molar-refractivity contribution is 5.99. The standard InChI is InChI=1S/C26H26N8O2/c1-2-21(35)32-13-5-7-19(15-32)34-24-22(25(27)28-29-26(24)36)23(31-34)16-9-11-18(12-10-16)33-14-17-6-3-4-8-20(17)30-33/h2-3,6,9-12,14,19H,1,4-5,7-8,13,15H2,(H2,27,28)(H,29,36)/t19-/m1/s1. The van der Waals surface area contributed by atoms with Crippen molar-refractivity contribution >= 4 is 28.7 Å². The minimum atomic E-state index is -0.364. The van der Waals surface area contributed by atoms with Crippen LogP contribution in [0, 0.1) is 0 Å². The Hall–Kier alpha value is -4.47. The van der Waals surface area contributed by atoms with Crippen molar-refractivity contribution in [3.8, 4) is 16.9 Å². The van der Waals surface area contributed by atoms with Gasteiger partial charge in [-0.1, -0.05) is 30.9 Å². The van der Waals surface area contributed by atoms with Gasteiger partial charge < -0.3 is 10.6 Å². The lowest BCUT2D eigenvalue weighted by molar-refractivity contribution is -0.127. The minimum absolute atomic E-state index is 0.127. The molecule has 1 aliphatic carbocycles. The average Bonchev–Trinajstić information content (AvgIpc) is 3.54. The van der Waals surface area contributed by atoms with Gasteiger partial charge in [-0.25, -0.2) is 9.78 Å². The van der Waals surface area contributed by atoms with E-state index in [1.807, 2.05) is 35.1 Å². The van der Waals surface area contributed by atoms with Gasteiger partial charge in [0.1, 0.15) is 11.2 Å². The molecule has 3 aromatic heterocycles. The molecular formula is C26H26N8O2. The number of carbonyl (C=O) groups excluding carboxylic acids is 1. The molecule has 10 nitrogen and oxygen atoms in total. The van der Waals surface area contributed by atoms with Crippen LogP contribution in [0.15, 0.2) is 54.0 Å². The van der Waals surface area contributed by atoms with Gasteiger partial charge in [-0.2, -0.15) is 15.3 Å². The number of amides is 1. The number of aryl methyl sites for hydroxylation is 1. The molecule has 0 unspecified atom stereocenters. The van der Waals surface area contributed by atoms with Crippen LogP contribution < -0.4 is 11.3 Å². The number of fused-ring (bicyclic) bond motifs is 2. The number of nitrogens with one attached hydrogen (secondary N) is 1. The lowest BCUT2D eigenvalue weighted by Gasteiger charge is -2.32. The van der Waals surface area contributed by atoms with Crippen molar-refractivity contribution in [3.63, 3.8) is 0 Å². The molecule has 2 aliphatic rings. The maximum atomic E-state index is 12.9. The van der Waals surface area contributed by atoms with Gasteiger partial charge >= 0.3 is 0 Å². The first kappa shape index (κ1) is 22.0. The number of aromatic nitrogens is 6. The Labute approximate surface area is 206 Å². The lowest BCUT2D eigenvalue weighted by atomic mass is 10.1. The Morgan fingerprint density at radius 1 is 1.22 bits per heavy atom. The number of nitrogens with two attached hydrogens (primary N) is 1. The van der Waals surface area contributed by atoms with Crippen molar-refractivity contribution in [2.45, 2.75) is 31.7 Å². The predicted molar refractivity (Wildman–Crippen MR) is 138 cm³/mol. The normalized spacial score (nSPS) is 17.3. The summed E-state index contributed by atoms with van der Waals surface area (Å²) >= 11 is 0. The third-order valence-corrected chi connectivity index (χ3v) is 6.96. The highest BCUT2D eigenvalue weighted by Gasteiger charge is 2.28. The molecule has 6 rings (SSSR count). The van der Waals surface area contributed by atoms with E-state index in [2.05, 4.69) is 28.9 Å². The summed E-state index contributed by atoms with van der Waals surface area (Å²) in [5.74, 6) is 0.0779. The van der Waals surface area contributed by atoms with Crippen LogP contribution in [0.1, 0.15) is 36.6 Å². The fourth-order valence-corrected chi connectivity index (χ4v) is 5.16. The number of allylic oxidation sites excluding steroid dienone is 1. The number of likely N-dealkylation sites (tertiary alicyclic amines) is 1. The Morgan fingerprint density at radius 3 is 2.83 bits per heavy atom. The number of benzene rings is 1. The van der Waals surface area contributed by atoms with Crippen molar-refractivity contribution < 1.29 is 4.79 Å². The number of nitrogen functional groups attached to an aromatic ring is 1. The Morgan fingerprint density at radius 2 is 2.06 bits per heavy atom. The molecule has 3 N–H and O–H groups in total. The van der Waals surface area contributed by atoms with Gasteiger partial charge in [-0.3, -0.25) is 14.3 Å². The monoisotopic (exact) mass is 482 g/mol. The van der Waals surface area contributed by atoms with E-state index in [0.717, 1.165) is 48.2 Å². The first-order chi connectivity index (χ1) is 17.5. The van der Waals surface area contributed by atoms with Crippen LogP contribution in [0.4, 0.5) is 5.82 Å². The highest BCUT2D eigenvalue weighted by Crippen LogP contribution is 2.33. The van der Waals surface area contributed by atoms with E-state index in [0.29, 0.717) is 29.7 Å². The number of hydrogen-bond acceptors (Lipinski definition) is 6. The van der Waals surface area contributed by atoms with Gasteiger partial charge in [0.2, 0.25) is 5.91 Å². The Balaban J connectivity index is 1.41. The Bertz CT molecular complexity index is 1570. The van der Waals surface area contributed by atoms with Gasteiger partial charge in [0, 0.05) is 30.4 Å². The largest absolute Gasteiger partial charge is 0.382 e. The van der Waals surface area contributed by atoms with Crippen LogP contribution in [-0.4, -0.2) is 53.7 Å². The highest BCUT2D eigenvalue weighted by atomic mass is 16.2. The lowest BCUT2D eigenvalue weighted by Crippen LogP contribution is -2.40. The second kappa shape index (κ2) is 8.63. The quantitative estimate of drug-likeness (QED) is 0.431. The molecular weight excluding hydrogens is 456 g/mol. The van der Waals surface area contributed by atoms with E-state index in [-0.39, 0.29) is 23.3 Å². The molecule has 0 radical (unpaired) electrons. The third kappa shape index (κ3) is 3.62. The van der Waals surface area contributed by atoms with E-state index in [9.17, 15) is 9.59 Å². The van der Waals surface area contributed by atoms with Gasteiger partial charge in [0.15, 0.2) is 5.82 Å². The van der Waals surface area contributed by atoms with E-state index in [4.69, 9.17) is 15.9 Å². The van der Waals surface area contributed by atoms with Crippen molar-refractivity contribution in [1.82, 2.24) is 34.7 Å². The molecule has 1 fully saturated rings. The topological polar surface area (TPSA) is 128 Å². The van der Waals surface area contributed by atoms with E-state index in [1.165, 1.54) is 6.08 Å². The van der Waals surface area contributed by atoms with Gasteiger partial charge in [0.25, 0.3) is 5.56 Å². The average molecular weight is 483 g/mol. The SMILES string of the molecule is C=CC(=O)N1CCC[C@@H](n2nc(-c3ccc(-n4cc5c(n4)CCC=C5)cc3)c3c(N)n[nH]c(=O)c32)C1. The predicted octanol–water partition coefficient (Wildman–Crippen LogP) is 2.86. The fourth-order valence-electron chi connectivity index (χ4n) is 5.16. The molecule has 36 heavy (non-hydrogen) atoms. The summed E-state index contributed by atoms with van der Waals surface area (Å²) in [7, 11) is 0. The Kier molecular flexibility index (Phi) is 5.28. The maximum Gasteiger partial charge on any atom is 0.290 e. The maximum absolute atomic E-state index is 12.9. The summed E-state index contributed by atoms with van der Waals surface area (Å²) in [6.07, 6.45) is 11.2. The number of carbonyl (C=O) groups is 1. The summed E-state index contributed by atoms with van der Waals surface area (Å²) in [6, 6.07) is 7.69. The number of nitrogens with zero attached hydrogens (tertiary/aromatic N) is 6. The second-order valence-electron chi connectivity index (χ2n) is 9.20. The number of rotatable bonds is 4. The molecule has 1 atom stereocenters. The second-order valence-corrected chi connectivity index (χ2v) is 9.20.